The van der Waals surface area contributed by atoms with Gasteiger partial charge in [0.15, 0.2) is 0 Å². The summed E-state index contributed by atoms with van der Waals surface area (Å²) in [5, 5.41) is 4.60. The summed E-state index contributed by atoms with van der Waals surface area (Å²) in [5.74, 6) is 0.254. The summed E-state index contributed by atoms with van der Waals surface area (Å²) < 4.78 is 19.0. The number of fused-ring (bicyclic) bond motifs is 2. The Bertz CT molecular complexity index is 1050. The van der Waals surface area contributed by atoms with Gasteiger partial charge in [-0.15, -0.1) is 0 Å². The van der Waals surface area contributed by atoms with Gasteiger partial charge in [-0.1, -0.05) is 16.8 Å². The molecule has 2 aliphatic heterocycles. The molecular weight excluding hydrogens is 385 g/mol. The van der Waals surface area contributed by atoms with Crippen LogP contribution in [0.2, 0.25) is 5.02 Å². The molecule has 1 saturated heterocycles. The van der Waals surface area contributed by atoms with Gasteiger partial charge in [-0.05, 0) is 43.4 Å². The molecule has 0 spiro atoms. The van der Waals surface area contributed by atoms with E-state index in [1.165, 1.54) is 12.3 Å². The minimum atomic E-state index is -0.549. The number of aryl methyl sites for hydroxylation is 1. The van der Waals surface area contributed by atoms with Crippen molar-refractivity contribution in [2.24, 2.45) is 0 Å². The molecule has 0 unspecified atom stereocenters. The van der Waals surface area contributed by atoms with Crippen molar-refractivity contribution in [3.63, 3.8) is 0 Å². The zero-order valence-corrected chi connectivity index (χ0v) is 15.6. The first kappa shape index (κ1) is 17.4. The lowest BCUT2D eigenvalue weighted by Gasteiger charge is -2.37. The van der Waals surface area contributed by atoms with Gasteiger partial charge in [-0.3, -0.25) is 4.79 Å². The summed E-state index contributed by atoms with van der Waals surface area (Å²) in [6.07, 6.45) is 6.17. The van der Waals surface area contributed by atoms with Gasteiger partial charge in [0, 0.05) is 25.0 Å². The molecule has 144 valence electrons. The number of pyridine rings is 1. The van der Waals surface area contributed by atoms with Gasteiger partial charge in [0.25, 0.3) is 5.91 Å². The Morgan fingerprint density at radius 3 is 3.00 bits per heavy atom. The van der Waals surface area contributed by atoms with E-state index in [9.17, 15) is 9.18 Å². The van der Waals surface area contributed by atoms with Gasteiger partial charge < -0.3 is 14.4 Å². The molecule has 0 saturated carbocycles. The van der Waals surface area contributed by atoms with Crippen LogP contribution in [0.5, 0.6) is 0 Å². The van der Waals surface area contributed by atoms with Gasteiger partial charge in [0.2, 0.25) is 17.7 Å². The average Bonchev–Trinajstić information content (AvgIpc) is 3.32. The number of halogens is 2. The van der Waals surface area contributed by atoms with E-state index in [2.05, 4.69) is 20.1 Å². The lowest BCUT2D eigenvalue weighted by atomic mass is 9.90. The largest absolute Gasteiger partial charge is 0.357 e. The molecule has 0 aliphatic carbocycles. The first-order chi connectivity index (χ1) is 13.6. The Labute approximate surface area is 164 Å². The number of H-pyrrole nitrogens is 1. The van der Waals surface area contributed by atoms with Crippen molar-refractivity contribution in [2.45, 2.75) is 37.6 Å². The number of piperidine rings is 1. The van der Waals surface area contributed by atoms with Crippen LogP contribution in [-0.2, 0) is 6.42 Å². The molecule has 3 aromatic heterocycles. The maximum Gasteiger partial charge on any atom is 0.255 e. The maximum absolute atomic E-state index is 13.5. The molecule has 1 fully saturated rings. The van der Waals surface area contributed by atoms with Crippen LogP contribution in [0.4, 0.5) is 4.39 Å². The van der Waals surface area contributed by atoms with Crippen LogP contribution in [-0.4, -0.2) is 43.5 Å². The van der Waals surface area contributed by atoms with Crippen LogP contribution in [0, 0.1) is 5.95 Å². The third-order valence-electron chi connectivity index (χ3n) is 5.58. The first-order valence-electron chi connectivity index (χ1n) is 9.22. The summed E-state index contributed by atoms with van der Waals surface area (Å²) in [7, 11) is 0. The van der Waals surface area contributed by atoms with Crippen molar-refractivity contribution in [3.05, 3.63) is 52.5 Å². The second-order valence-corrected chi connectivity index (χ2v) is 7.71. The second-order valence-electron chi connectivity index (χ2n) is 7.28. The van der Waals surface area contributed by atoms with Crippen LogP contribution in [0.3, 0.4) is 0 Å². The molecule has 0 aromatic carbocycles. The molecule has 1 N–H and O–H groups in total. The van der Waals surface area contributed by atoms with Crippen molar-refractivity contribution in [1.82, 2.24) is 25.0 Å². The molecule has 5 rings (SSSR count). The smallest absolute Gasteiger partial charge is 0.255 e. The van der Waals surface area contributed by atoms with Gasteiger partial charge in [-0.2, -0.15) is 9.37 Å². The van der Waals surface area contributed by atoms with E-state index < -0.39 is 5.95 Å². The van der Waals surface area contributed by atoms with Gasteiger partial charge in [0.05, 0.1) is 22.2 Å². The fourth-order valence-corrected chi connectivity index (χ4v) is 4.29. The number of rotatable bonds is 2. The van der Waals surface area contributed by atoms with Crippen molar-refractivity contribution in [2.75, 3.05) is 6.54 Å². The van der Waals surface area contributed by atoms with E-state index in [0.29, 0.717) is 41.0 Å². The minimum Gasteiger partial charge on any atom is -0.357 e. The zero-order valence-electron chi connectivity index (χ0n) is 14.9. The highest BCUT2D eigenvalue weighted by molar-refractivity contribution is 6.30. The Kier molecular flexibility index (Phi) is 4.16. The summed E-state index contributed by atoms with van der Waals surface area (Å²) >= 11 is 5.93. The van der Waals surface area contributed by atoms with Gasteiger partial charge >= 0.3 is 0 Å². The summed E-state index contributed by atoms with van der Waals surface area (Å²) in [5.41, 5.74) is 1.89. The standard InChI is InChI=1S/C19H17ClFN5O2/c20-12-6-15(22-7-12)17-24-18(28-25-17)11-2-4-13-3-1-10-5-16(21)23-8-14(10)19(27)26(13)9-11/h5-8,11,13,22H,1-4,9H2/t11-,13+/m0/s1. The number of carbonyl (C=O) groups is 1. The summed E-state index contributed by atoms with van der Waals surface area (Å²) in [4.78, 5) is 26.1. The lowest BCUT2D eigenvalue weighted by Crippen LogP contribution is -2.45. The number of carbonyl (C=O) groups excluding carboxylic acids is 1. The predicted molar refractivity (Wildman–Crippen MR) is 98.4 cm³/mol. The van der Waals surface area contributed by atoms with Crippen molar-refractivity contribution in [3.8, 4) is 11.5 Å². The highest BCUT2D eigenvalue weighted by atomic mass is 35.5. The van der Waals surface area contributed by atoms with Gasteiger partial charge in [0.1, 0.15) is 0 Å². The quantitative estimate of drug-likeness (QED) is 0.663. The molecule has 2 aliphatic rings. The van der Waals surface area contributed by atoms with E-state index >= 15 is 0 Å². The molecule has 0 radical (unpaired) electrons. The number of aromatic nitrogens is 4. The van der Waals surface area contributed by atoms with Crippen molar-refractivity contribution < 1.29 is 13.7 Å². The number of amides is 1. The molecule has 0 bridgehead atoms. The first-order valence-corrected chi connectivity index (χ1v) is 9.59. The van der Waals surface area contributed by atoms with Crippen LogP contribution in [0.1, 0.15) is 47.0 Å². The molecule has 9 heteroatoms. The normalized spacial score (nSPS) is 21.9. The predicted octanol–water partition coefficient (Wildman–Crippen LogP) is 3.59. The average molecular weight is 402 g/mol. The number of hydrogen-bond acceptors (Lipinski definition) is 5. The van der Waals surface area contributed by atoms with E-state index in [-0.39, 0.29) is 17.9 Å². The zero-order chi connectivity index (χ0) is 19.3. The fourth-order valence-electron chi connectivity index (χ4n) is 4.13. The van der Waals surface area contributed by atoms with Crippen LogP contribution in [0.25, 0.3) is 11.5 Å². The Hall–Kier alpha value is -2.74. The highest BCUT2D eigenvalue weighted by Crippen LogP contribution is 2.35. The molecule has 3 aromatic rings. The summed E-state index contributed by atoms with van der Waals surface area (Å²) in [6.45, 7) is 0.493. The van der Waals surface area contributed by atoms with Crippen LogP contribution < -0.4 is 0 Å². The minimum absolute atomic E-state index is 0.0400. The molecule has 7 nitrogen and oxygen atoms in total. The van der Waals surface area contributed by atoms with Crippen LogP contribution in [0.15, 0.2) is 29.0 Å². The van der Waals surface area contributed by atoms with E-state index in [1.807, 2.05) is 4.90 Å². The number of nitrogens with zero attached hydrogens (tertiary/aromatic N) is 4. The van der Waals surface area contributed by atoms with E-state index in [4.69, 9.17) is 16.1 Å². The lowest BCUT2D eigenvalue weighted by molar-refractivity contribution is 0.0570. The number of hydrogen-bond donors (Lipinski definition) is 1. The Morgan fingerprint density at radius 1 is 1.29 bits per heavy atom. The SMILES string of the molecule is O=C1c2cnc(F)cc2CC[C@@H]2CC[C@H](c3nc(-c4cc(Cl)c[nH]4)no3)CN12. The van der Waals surface area contributed by atoms with Crippen LogP contribution >= 0.6 is 11.6 Å². The Morgan fingerprint density at radius 2 is 2.18 bits per heavy atom. The topological polar surface area (TPSA) is 87.9 Å². The maximum atomic E-state index is 13.5. The van der Waals surface area contributed by atoms with Crippen molar-refractivity contribution >= 4 is 17.5 Å². The third kappa shape index (κ3) is 2.97. The molecule has 28 heavy (non-hydrogen) atoms. The Balaban J connectivity index is 1.40. The van der Waals surface area contributed by atoms with E-state index in [1.54, 1.807) is 12.3 Å². The molecule has 1 amide bonds. The highest BCUT2D eigenvalue weighted by Gasteiger charge is 2.37. The monoisotopic (exact) mass is 401 g/mol. The number of nitrogens with one attached hydrogen (secondary N) is 1. The summed E-state index contributed by atoms with van der Waals surface area (Å²) in [6, 6.07) is 3.23. The van der Waals surface area contributed by atoms with Gasteiger partial charge in [-0.25, -0.2) is 4.98 Å². The molecule has 2 atom stereocenters. The second kappa shape index (κ2) is 6.70. The van der Waals surface area contributed by atoms with E-state index in [0.717, 1.165) is 24.8 Å². The fraction of sp³-hybridized carbons (Fsp3) is 0.368. The van der Waals surface area contributed by atoms with Crippen molar-refractivity contribution in [1.29, 1.82) is 0 Å². The molecular formula is C19H17ClFN5O2. The molecule has 5 heterocycles. The third-order valence-corrected chi connectivity index (χ3v) is 5.80. The number of aromatic amines is 1.